The Morgan fingerprint density at radius 1 is 1.22 bits per heavy atom. The van der Waals surface area contributed by atoms with Gasteiger partial charge in [0.1, 0.15) is 0 Å². The Morgan fingerprint density at radius 2 is 1.96 bits per heavy atom. The van der Waals surface area contributed by atoms with Gasteiger partial charge in [-0.2, -0.15) is 0 Å². The number of nitrogens with zero attached hydrogens (tertiary/aromatic N) is 1. The first kappa shape index (κ1) is 19.8. The summed E-state index contributed by atoms with van der Waals surface area (Å²) in [4.78, 5) is 26.9. The third-order valence-electron chi connectivity index (χ3n) is 5.75. The molecule has 1 aromatic rings. The van der Waals surface area contributed by atoms with E-state index in [9.17, 15) is 14.7 Å². The van der Waals surface area contributed by atoms with Gasteiger partial charge in [0.05, 0.1) is 18.1 Å². The zero-order chi connectivity index (χ0) is 19.1. The fraction of sp³-hybridized carbons (Fsp3) is 0.619. The first-order valence-corrected chi connectivity index (χ1v) is 10.1. The molecule has 0 spiro atoms. The van der Waals surface area contributed by atoms with Gasteiger partial charge in [0.2, 0.25) is 11.8 Å². The van der Waals surface area contributed by atoms with E-state index in [1.165, 1.54) is 5.56 Å². The maximum atomic E-state index is 12.4. The standard InChI is InChI=1S/C21H31N3O3/c25-19(23-16-21(27)10-5-2-6-11-21)15-18-20(26)22-12-14-24(18)13-9-17-7-3-1-4-8-17/h1,3-4,7-8,18,27H,2,5-6,9-16H2,(H,22,26)(H,23,25). The Kier molecular flexibility index (Phi) is 6.85. The molecule has 6 heteroatoms. The third-order valence-corrected chi connectivity index (χ3v) is 5.75. The molecule has 1 aliphatic heterocycles. The van der Waals surface area contributed by atoms with Crippen LogP contribution in [-0.4, -0.2) is 59.6 Å². The summed E-state index contributed by atoms with van der Waals surface area (Å²) >= 11 is 0. The summed E-state index contributed by atoms with van der Waals surface area (Å²) < 4.78 is 0. The molecule has 2 amide bonds. The lowest BCUT2D eigenvalue weighted by Crippen LogP contribution is -2.57. The predicted molar refractivity (Wildman–Crippen MR) is 104 cm³/mol. The molecule has 1 aliphatic carbocycles. The van der Waals surface area contributed by atoms with Crippen LogP contribution in [0.4, 0.5) is 0 Å². The topological polar surface area (TPSA) is 81.7 Å². The van der Waals surface area contributed by atoms with Crippen LogP contribution in [0.5, 0.6) is 0 Å². The highest BCUT2D eigenvalue weighted by Gasteiger charge is 2.33. The lowest BCUT2D eigenvalue weighted by molar-refractivity contribution is -0.134. The van der Waals surface area contributed by atoms with Crippen LogP contribution < -0.4 is 10.6 Å². The van der Waals surface area contributed by atoms with Gasteiger partial charge in [-0.25, -0.2) is 0 Å². The molecular formula is C21H31N3O3. The SMILES string of the molecule is O=C(CC1C(=O)NCCN1CCc1ccccc1)NCC1(O)CCCCC1. The normalized spacial score (nSPS) is 22.9. The van der Waals surface area contributed by atoms with E-state index in [-0.39, 0.29) is 24.8 Å². The second-order valence-electron chi connectivity index (χ2n) is 7.84. The van der Waals surface area contributed by atoms with Crippen molar-refractivity contribution in [2.75, 3.05) is 26.2 Å². The van der Waals surface area contributed by atoms with Gasteiger partial charge in [0.15, 0.2) is 0 Å². The highest BCUT2D eigenvalue weighted by atomic mass is 16.3. The van der Waals surface area contributed by atoms with Gasteiger partial charge < -0.3 is 15.7 Å². The summed E-state index contributed by atoms with van der Waals surface area (Å²) in [5.41, 5.74) is 0.446. The number of rotatable bonds is 7. The molecule has 1 saturated heterocycles. The summed E-state index contributed by atoms with van der Waals surface area (Å²) in [5.74, 6) is -0.249. The molecule has 1 heterocycles. The smallest absolute Gasteiger partial charge is 0.237 e. The molecule has 2 fully saturated rings. The van der Waals surface area contributed by atoms with Crippen molar-refractivity contribution in [1.29, 1.82) is 0 Å². The van der Waals surface area contributed by atoms with E-state index in [2.05, 4.69) is 27.7 Å². The number of carbonyl (C=O) groups excluding carboxylic acids is 2. The summed E-state index contributed by atoms with van der Waals surface area (Å²) in [6, 6.07) is 9.74. The molecule has 0 radical (unpaired) electrons. The number of benzene rings is 1. The Labute approximate surface area is 161 Å². The molecule has 3 N–H and O–H groups in total. The summed E-state index contributed by atoms with van der Waals surface area (Å²) in [6.07, 6.45) is 5.62. The van der Waals surface area contributed by atoms with E-state index in [0.29, 0.717) is 6.54 Å². The zero-order valence-electron chi connectivity index (χ0n) is 16.0. The fourth-order valence-corrected chi connectivity index (χ4v) is 4.07. The highest BCUT2D eigenvalue weighted by molar-refractivity contribution is 5.88. The fourth-order valence-electron chi connectivity index (χ4n) is 4.07. The summed E-state index contributed by atoms with van der Waals surface area (Å²) in [7, 11) is 0. The molecular weight excluding hydrogens is 342 g/mol. The van der Waals surface area contributed by atoms with E-state index < -0.39 is 11.6 Å². The molecule has 1 aromatic carbocycles. The van der Waals surface area contributed by atoms with E-state index >= 15 is 0 Å². The maximum Gasteiger partial charge on any atom is 0.237 e. The van der Waals surface area contributed by atoms with Crippen LogP contribution in [0, 0.1) is 0 Å². The Balaban J connectivity index is 1.51. The van der Waals surface area contributed by atoms with E-state index in [1.54, 1.807) is 0 Å². The number of amides is 2. The van der Waals surface area contributed by atoms with Gasteiger partial charge in [-0.1, -0.05) is 49.6 Å². The summed E-state index contributed by atoms with van der Waals surface area (Å²) in [5, 5.41) is 16.3. The van der Waals surface area contributed by atoms with Crippen molar-refractivity contribution < 1.29 is 14.7 Å². The van der Waals surface area contributed by atoms with Crippen LogP contribution in [0.15, 0.2) is 30.3 Å². The minimum atomic E-state index is -0.782. The first-order chi connectivity index (χ1) is 13.1. The van der Waals surface area contributed by atoms with Crippen molar-refractivity contribution in [3.8, 4) is 0 Å². The Morgan fingerprint density at radius 3 is 2.70 bits per heavy atom. The van der Waals surface area contributed by atoms with Gasteiger partial charge in [-0.05, 0) is 24.8 Å². The molecule has 27 heavy (non-hydrogen) atoms. The molecule has 3 rings (SSSR count). The van der Waals surface area contributed by atoms with Crippen LogP contribution in [0.1, 0.15) is 44.1 Å². The van der Waals surface area contributed by atoms with Gasteiger partial charge in [0.25, 0.3) is 0 Å². The van der Waals surface area contributed by atoms with Crippen molar-refractivity contribution in [1.82, 2.24) is 15.5 Å². The third kappa shape index (κ3) is 5.78. The van der Waals surface area contributed by atoms with Crippen LogP contribution in [0.2, 0.25) is 0 Å². The average molecular weight is 373 g/mol. The average Bonchev–Trinajstić information content (AvgIpc) is 2.68. The van der Waals surface area contributed by atoms with Crippen molar-refractivity contribution >= 4 is 11.8 Å². The second-order valence-corrected chi connectivity index (χ2v) is 7.84. The Bertz CT molecular complexity index is 629. The van der Waals surface area contributed by atoms with Crippen molar-refractivity contribution in [3.63, 3.8) is 0 Å². The van der Waals surface area contributed by atoms with Crippen molar-refractivity contribution in [3.05, 3.63) is 35.9 Å². The molecule has 0 aromatic heterocycles. The van der Waals surface area contributed by atoms with Crippen LogP contribution >= 0.6 is 0 Å². The number of hydrogen-bond donors (Lipinski definition) is 3. The highest BCUT2D eigenvalue weighted by Crippen LogP contribution is 2.27. The van der Waals surface area contributed by atoms with Gasteiger partial charge in [0, 0.05) is 26.2 Å². The minimum absolute atomic E-state index is 0.0826. The molecule has 1 saturated carbocycles. The molecule has 148 valence electrons. The quantitative estimate of drug-likeness (QED) is 0.672. The molecule has 0 bridgehead atoms. The van der Waals surface area contributed by atoms with E-state index in [1.807, 2.05) is 18.2 Å². The number of nitrogens with one attached hydrogen (secondary N) is 2. The van der Waals surface area contributed by atoms with Gasteiger partial charge in [-0.15, -0.1) is 0 Å². The molecule has 6 nitrogen and oxygen atoms in total. The van der Waals surface area contributed by atoms with Crippen LogP contribution in [0.25, 0.3) is 0 Å². The summed E-state index contributed by atoms with van der Waals surface area (Å²) in [6.45, 7) is 2.40. The predicted octanol–water partition coefficient (Wildman–Crippen LogP) is 1.23. The lowest BCUT2D eigenvalue weighted by atomic mass is 9.85. The van der Waals surface area contributed by atoms with E-state index in [0.717, 1.165) is 51.6 Å². The number of carbonyl (C=O) groups is 2. The number of hydrogen-bond acceptors (Lipinski definition) is 4. The van der Waals surface area contributed by atoms with Crippen LogP contribution in [0.3, 0.4) is 0 Å². The Hall–Kier alpha value is -1.92. The molecule has 1 unspecified atom stereocenters. The monoisotopic (exact) mass is 373 g/mol. The largest absolute Gasteiger partial charge is 0.388 e. The second kappa shape index (κ2) is 9.33. The minimum Gasteiger partial charge on any atom is -0.388 e. The molecule has 1 atom stereocenters. The van der Waals surface area contributed by atoms with Crippen LogP contribution in [-0.2, 0) is 16.0 Å². The van der Waals surface area contributed by atoms with Crippen molar-refractivity contribution in [2.24, 2.45) is 0 Å². The lowest BCUT2D eigenvalue weighted by Gasteiger charge is -2.35. The van der Waals surface area contributed by atoms with Gasteiger partial charge in [-0.3, -0.25) is 14.5 Å². The first-order valence-electron chi connectivity index (χ1n) is 10.1. The van der Waals surface area contributed by atoms with Crippen molar-refractivity contribution in [2.45, 2.75) is 56.6 Å². The van der Waals surface area contributed by atoms with E-state index in [4.69, 9.17) is 0 Å². The number of aliphatic hydroxyl groups is 1. The zero-order valence-corrected chi connectivity index (χ0v) is 16.0. The maximum absolute atomic E-state index is 12.4. The van der Waals surface area contributed by atoms with Gasteiger partial charge >= 0.3 is 0 Å². The number of piperazine rings is 1. The molecule has 2 aliphatic rings.